The Hall–Kier alpha value is -6.50. The van der Waals surface area contributed by atoms with E-state index in [0.717, 1.165) is 0 Å². The van der Waals surface area contributed by atoms with Gasteiger partial charge in [0.05, 0.1) is 12.1 Å². The molecule has 0 heterocycles. The third kappa shape index (κ3) is 34.4. The molecule has 0 aliphatic carbocycles. The van der Waals surface area contributed by atoms with Crippen LogP contribution in [-0.2, 0) is 34.1 Å². The molecule has 102 heavy (non-hydrogen) atoms. The number of rotatable bonds is 21. The molecular weight excluding hydrogens is 1520 g/mol. The first-order valence-electron chi connectivity index (χ1n) is 31.7. The Morgan fingerprint density at radius 3 is 0.314 bits per heavy atom. The van der Waals surface area contributed by atoms with Crippen LogP contribution in [-0.4, -0.2) is 37.0 Å². The summed E-state index contributed by atoms with van der Waals surface area (Å²) < 4.78 is 67.9. The van der Waals surface area contributed by atoms with Crippen LogP contribution in [0, 0.1) is 43.1 Å². The summed E-state index contributed by atoms with van der Waals surface area (Å²) in [6.45, 7) is 2.86. The molecule has 10 nitrogen and oxygen atoms in total. The summed E-state index contributed by atoms with van der Waals surface area (Å²) in [6, 6.07) is 136. The largest absolute Gasteiger partial charge is 1.00 e. The van der Waals surface area contributed by atoms with E-state index in [1.807, 2.05) is 0 Å². The van der Waals surface area contributed by atoms with Gasteiger partial charge in [0.2, 0.25) is 0 Å². The summed E-state index contributed by atoms with van der Waals surface area (Å²) in [6.07, 6.45) is 7.24. The maximum atomic E-state index is 8.49. The van der Waals surface area contributed by atoms with Crippen LogP contribution in [0.3, 0.4) is 0 Å². The molecule has 0 saturated carbocycles. The number of hydrogen-bond acceptors (Lipinski definition) is 10. The normalized spacial score (nSPS) is 10.5. The average Bonchev–Trinajstić information content (AvgIpc) is 0.839. The molecule has 530 valence electrons. The van der Waals surface area contributed by atoms with E-state index >= 15 is 0 Å². The van der Waals surface area contributed by atoms with E-state index in [2.05, 4.69) is 364 Å². The number of hydrogen-bond donors (Lipinski definition) is 0. The predicted molar refractivity (Wildman–Crippen MR) is 406 cm³/mol. The van der Waals surface area contributed by atoms with Crippen molar-refractivity contribution in [2.45, 2.75) is 13.8 Å². The van der Waals surface area contributed by atoms with Gasteiger partial charge in [-0.25, -0.2) is 37.3 Å². The zero-order valence-corrected chi connectivity index (χ0v) is 64.8. The maximum absolute atomic E-state index is 8.49. The summed E-state index contributed by atoms with van der Waals surface area (Å²) in [7, 11) is -12.0. The Morgan fingerprint density at radius 2 is 0.255 bits per heavy atom. The third-order valence-corrected chi connectivity index (χ3v) is 30.6. The van der Waals surface area contributed by atoms with Crippen molar-refractivity contribution in [3.8, 4) is 12.1 Å². The van der Waals surface area contributed by atoms with E-state index in [9.17, 15) is 0 Å². The van der Waals surface area contributed by atoms with Crippen LogP contribution in [0.15, 0.2) is 364 Å². The van der Waals surface area contributed by atoms with Crippen LogP contribution in [0.2, 0.25) is 0 Å². The molecule has 0 fully saturated rings. The molecule has 0 amide bonds. The first-order valence-corrected chi connectivity index (χ1v) is 43.3. The molecule has 0 radical (unpaired) electrons. The fraction of sp³-hybridized carbons (Fsp3) is 0.0976. The molecule has 0 atom stereocenters. The van der Waals surface area contributed by atoms with Gasteiger partial charge in [-0.2, -0.15) is 10.5 Å². The molecule has 0 aliphatic rings. The van der Waals surface area contributed by atoms with Crippen LogP contribution in [0.5, 0.6) is 0 Å². The van der Waals surface area contributed by atoms with Crippen LogP contribution >= 0.6 is 47.5 Å². The van der Waals surface area contributed by atoms with Gasteiger partial charge in [-0.3, -0.25) is 0 Å². The second kappa shape index (κ2) is 50.8. The van der Waals surface area contributed by atoms with Crippen molar-refractivity contribution in [3.05, 3.63) is 364 Å². The zero-order valence-electron chi connectivity index (χ0n) is 56.1. The fourth-order valence-electron chi connectivity index (χ4n) is 10.3. The quantitative estimate of drug-likeness (QED) is 0.0515. The van der Waals surface area contributed by atoms with E-state index < -0.39 is 20.5 Å². The van der Waals surface area contributed by atoms with Crippen molar-refractivity contribution >= 4 is 111 Å². The van der Waals surface area contributed by atoms with Crippen LogP contribution in [0.4, 0.5) is 0 Å². The van der Waals surface area contributed by atoms with E-state index in [0.29, 0.717) is 0 Å². The number of nitrogens with zero attached hydrogens (tertiary/aromatic N) is 2. The predicted octanol–water partition coefficient (Wildman–Crippen LogP) is 7.30. The van der Waals surface area contributed by atoms with Crippen molar-refractivity contribution in [2.24, 2.45) is 0 Å². The monoisotopic (exact) mass is 1600 g/mol. The molecule has 0 bridgehead atoms. The van der Waals surface area contributed by atoms with Gasteiger partial charge < -0.3 is 0 Å². The molecule has 12 aromatic carbocycles. The first kappa shape index (κ1) is 87.9. The Kier molecular flexibility index (Phi) is 43.8. The molecule has 0 saturated heterocycles. The maximum Gasteiger partial charge on any atom is 1.00 e. The Labute approximate surface area is 635 Å². The second-order valence-electron chi connectivity index (χ2n) is 21.1. The number of benzene rings is 12. The summed E-state index contributed by atoms with van der Waals surface area (Å²) in [5.74, 6) is 0. The number of nitriles is 2. The van der Waals surface area contributed by atoms with Gasteiger partial charge in [-0.15, -0.1) is 20.5 Å². The van der Waals surface area contributed by atoms with E-state index in [1.54, 1.807) is 12.1 Å². The molecule has 0 N–H and O–H groups in total. The van der Waals surface area contributed by atoms with Gasteiger partial charge in [0.1, 0.15) is 0 Å². The van der Waals surface area contributed by atoms with Gasteiger partial charge in [0.15, 0.2) is 0 Å². The van der Waals surface area contributed by atoms with Gasteiger partial charge in [-0.05, 0) is 148 Å². The molecule has 0 spiro atoms. The van der Waals surface area contributed by atoms with Crippen molar-refractivity contribution in [1.82, 2.24) is 0 Å². The summed E-state index contributed by atoms with van der Waals surface area (Å²) in [5, 5.41) is 32.3. The summed E-state index contributed by atoms with van der Waals surface area (Å²) in [4.78, 5) is 0. The fourth-order valence-corrected chi connectivity index (χ4v) is 26.4. The summed E-state index contributed by atoms with van der Waals surface area (Å²) in [5.41, 5.74) is 0. The minimum Gasteiger partial charge on any atom is -0.222 e. The van der Waals surface area contributed by atoms with Crippen molar-refractivity contribution in [1.29, 1.82) is 10.5 Å². The van der Waals surface area contributed by atoms with Crippen LogP contribution < -0.4 is 101 Å². The summed E-state index contributed by atoms with van der Waals surface area (Å²) >= 11 is 0. The Bertz CT molecular complexity index is 3230. The molecular formula is C82H78Cl2Cu2N2O8P6. The molecule has 0 unspecified atom stereocenters. The molecule has 12 rings (SSSR count). The average molecular weight is 1600 g/mol. The van der Waals surface area contributed by atoms with Crippen molar-refractivity contribution < 1.29 is 91.9 Å². The second-order valence-corrected chi connectivity index (χ2v) is 36.7. The molecule has 20 heteroatoms. The molecule has 12 aromatic rings. The molecule has 0 aromatic heterocycles. The standard InChI is InChI=1S/3C26H24P2.2C2H3N.2ClHO4.2Cu/c3*1-5-13-23(14-6-1)27(24-15-7-2-8-16-24)21-22-28(25-17-9-3-10-18-25)26-19-11-4-12-20-26;2*1-2-3;2*2-1(3,4)5;;/h3*1-20H,21-22H2;2*1H3;2*(H,2,3,4,5);;/q;;;;;;;2*+1/p-2. The SMILES string of the molecule is CC#N.CC#N.[Cu+].[Cu+].[O-][Cl+3]([O-])([O-])[O-].[O-][Cl+3]([O-])([O-])[O-].c1ccc(P(CCP(c2ccccc2)c2ccccc2)c2ccccc2)cc1.c1ccc(P(CCP(c2ccccc2)c2ccccc2)c2ccccc2)cc1.c1ccc(P(CCP(c2ccccc2)c2ccccc2)c2ccccc2)cc1. The van der Waals surface area contributed by atoms with Crippen LogP contribution in [0.1, 0.15) is 13.8 Å². The minimum absolute atomic E-state index is 0. The van der Waals surface area contributed by atoms with Gasteiger partial charge >= 0.3 is 34.1 Å². The van der Waals surface area contributed by atoms with E-state index in [-0.39, 0.29) is 81.7 Å². The Morgan fingerprint density at radius 1 is 0.196 bits per heavy atom. The molecule has 0 aliphatic heterocycles. The van der Waals surface area contributed by atoms with Gasteiger partial charge in [0.25, 0.3) is 0 Å². The first-order chi connectivity index (χ1) is 48.6. The van der Waals surface area contributed by atoms with Crippen molar-refractivity contribution in [3.63, 3.8) is 0 Å². The van der Waals surface area contributed by atoms with E-state index in [4.69, 9.17) is 47.8 Å². The smallest absolute Gasteiger partial charge is 0.222 e. The van der Waals surface area contributed by atoms with E-state index in [1.165, 1.54) is 114 Å². The zero-order chi connectivity index (χ0) is 71.5. The minimum atomic E-state index is -4.94. The van der Waals surface area contributed by atoms with Gasteiger partial charge in [-0.1, -0.05) is 364 Å². The Balaban J connectivity index is 0.000000290. The topological polar surface area (TPSA) is 232 Å². The van der Waals surface area contributed by atoms with Crippen LogP contribution in [0.25, 0.3) is 0 Å². The number of halogens is 2. The van der Waals surface area contributed by atoms with Gasteiger partial charge in [0, 0.05) is 13.8 Å². The van der Waals surface area contributed by atoms with Crippen molar-refractivity contribution in [2.75, 3.05) is 37.0 Å². The third-order valence-electron chi connectivity index (χ3n) is 14.5.